The summed E-state index contributed by atoms with van der Waals surface area (Å²) in [6, 6.07) is 7.34. The minimum absolute atomic E-state index is 0.0792. The predicted octanol–water partition coefficient (Wildman–Crippen LogP) is 3.45. The zero-order valence-electron chi connectivity index (χ0n) is 24.0. The topological polar surface area (TPSA) is 131 Å². The molecule has 2 aromatic heterocycles. The van der Waals surface area contributed by atoms with Gasteiger partial charge in [0.25, 0.3) is 0 Å². The van der Waals surface area contributed by atoms with Gasteiger partial charge in [-0.25, -0.2) is 4.79 Å². The molecule has 0 amide bonds. The van der Waals surface area contributed by atoms with E-state index in [2.05, 4.69) is 0 Å². The third-order valence-corrected chi connectivity index (χ3v) is 6.42. The maximum absolute atomic E-state index is 13.1. The number of likely N-dealkylation sites (N-methyl/N-ethyl adjacent to an activating group) is 1. The molecular weight excluding hydrogens is 534 g/mol. The lowest BCUT2D eigenvalue weighted by atomic mass is 9.96. The molecule has 0 N–H and O–H groups in total. The monoisotopic (exact) mass is 568 g/mol. The Kier molecular flexibility index (Phi) is 8.79. The van der Waals surface area contributed by atoms with Crippen LogP contribution >= 0.6 is 0 Å². The van der Waals surface area contributed by atoms with Crippen LogP contribution in [0.4, 0.5) is 0 Å². The standard InChI is InChI=1S/C30H34NO10/c1-7-36-30(35)28-14-24(34)29-26(11-19(31(4,5)6)12-27(29)41-28)38-16-21(40-18(3)32)15-37-20-8-9-25-22(13-20)23(33)10-17(2)39-25/h8-11,13-14,21,26H,7,12,15-16H2,1-6H3/q+1. The summed E-state index contributed by atoms with van der Waals surface area (Å²) in [4.78, 5) is 49.6. The van der Waals surface area contributed by atoms with Crippen LogP contribution in [-0.4, -0.2) is 63.5 Å². The van der Waals surface area contributed by atoms with Crippen molar-refractivity contribution < 1.29 is 41.9 Å². The fraction of sp³-hybridized carbons (Fsp3) is 0.400. The number of esters is 2. The van der Waals surface area contributed by atoms with Crippen LogP contribution in [0.5, 0.6) is 5.75 Å². The van der Waals surface area contributed by atoms with Crippen molar-refractivity contribution in [3.63, 3.8) is 0 Å². The number of quaternary nitrogens is 1. The van der Waals surface area contributed by atoms with E-state index in [9.17, 15) is 19.2 Å². The van der Waals surface area contributed by atoms with Gasteiger partial charge in [-0.2, -0.15) is 0 Å². The maximum atomic E-state index is 13.1. The average Bonchev–Trinajstić information content (AvgIpc) is 2.89. The van der Waals surface area contributed by atoms with E-state index in [1.807, 2.05) is 27.2 Å². The molecule has 3 aromatic rings. The van der Waals surface area contributed by atoms with Crippen molar-refractivity contribution in [1.29, 1.82) is 0 Å². The van der Waals surface area contributed by atoms with Crippen LogP contribution in [0.15, 0.2) is 60.5 Å². The van der Waals surface area contributed by atoms with E-state index in [0.29, 0.717) is 39.1 Å². The zero-order valence-corrected chi connectivity index (χ0v) is 24.0. The fourth-order valence-corrected chi connectivity index (χ4v) is 4.45. The number of rotatable bonds is 10. The summed E-state index contributed by atoms with van der Waals surface area (Å²) in [5.41, 5.74) is 0.950. The second-order valence-electron chi connectivity index (χ2n) is 10.6. The third-order valence-electron chi connectivity index (χ3n) is 6.42. The molecule has 11 nitrogen and oxygen atoms in total. The number of benzene rings is 1. The smallest absolute Gasteiger partial charge is 0.374 e. The van der Waals surface area contributed by atoms with E-state index in [1.54, 1.807) is 32.0 Å². The van der Waals surface area contributed by atoms with Crippen molar-refractivity contribution in [2.24, 2.45) is 0 Å². The largest absolute Gasteiger partial charge is 0.490 e. The first-order valence-corrected chi connectivity index (χ1v) is 13.2. The highest BCUT2D eigenvalue weighted by atomic mass is 16.6. The summed E-state index contributed by atoms with van der Waals surface area (Å²) in [6.07, 6.45) is 0.465. The van der Waals surface area contributed by atoms with Gasteiger partial charge in [0, 0.05) is 25.1 Å². The van der Waals surface area contributed by atoms with Crippen molar-refractivity contribution in [3.05, 3.63) is 85.4 Å². The van der Waals surface area contributed by atoms with E-state index < -0.39 is 29.6 Å². The van der Waals surface area contributed by atoms with E-state index in [1.165, 1.54) is 13.0 Å². The number of carbonyl (C=O) groups excluding carboxylic acids is 2. The molecule has 2 heterocycles. The average molecular weight is 569 g/mol. The van der Waals surface area contributed by atoms with Crippen LogP contribution in [0.2, 0.25) is 0 Å². The van der Waals surface area contributed by atoms with Crippen molar-refractivity contribution in [2.45, 2.75) is 39.4 Å². The van der Waals surface area contributed by atoms with Gasteiger partial charge in [-0.1, -0.05) is 0 Å². The Morgan fingerprint density at radius 2 is 1.80 bits per heavy atom. The van der Waals surface area contributed by atoms with Crippen LogP contribution in [0.1, 0.15) is 47.6 Å². The molecule has 0 saturated carbocycles. The molecule has 1 aliphatic rings. The normalized spacial score (nSPS) is 15.6. The molecule has 4 rings (SSSR count). The molecule has 1 aromatic carbocycles. The van der Waals surface area contributed by atoms with Crippen LogP contribution in [0, 0.1) is 6.92 Å². The number of hydrogen-bond donors (Lipinski definition) is 0. The van der Waals surface area contributed by atoms with Gasteiger partial charge in [0.15, 0.2) is 17.0 Å². The first kappa shape index (κ1) is 29.8. The quantitative estimate of drug-likeness (QED) is 0.265. The van der Waals surface area contributed by atoms with Gasteiger partial charge in [0.1, 0.15) is 41.3 Å². The first-order valence-electron chi connectivity index (χ1n) is 13.2. The molecule has 0 saturated heterocycles. The molecule has 218 valence electrons. The molecule has 41 heavy (non-hydrogen) atoms. The summed E-state index contributed by atoms with van der Waals surface area (Å²) in [5, 5.41) is 0.360. The molecule has 11 heteroatoms. The fourth-order valence-electron chi connectivity index (χ4n) is 4.45. The molecule has 0 bridgehead atoms. The second-order valence-corrected chi connectivity index (χ2v) is 10.6. The Bertz CT molecular complexity index is 1610. The van der Waals surface area contributed by atoms with Gasteiger partial charge >= 0.3 is 11.9 Å². The Balaban J connectivity index is 1.56. The highest BCUT2D eigenvalue weighted by Gasteiger charge is 2.33. The summed E-state index contributed by atoms with van der Waals surface area (Å²) in [6.45, 7) is 4.58. The SMILES string of the molecule is CCOC(=O)c1cc(=O)c2c(o1)CC([N+](C)(C)C)=CC2OCC(COc1ccc2oc(C)cc(=O)c2c1)OC(C)=O. The Morgan fingerprint density at radius 3 is 2.49 bits per heavy atom. The van der Waals surface area contributed by atoms with Gasteiger partial charge in [-0.3, -0.25) is 14.4 Å². The van der Waals surface area contributed by atoms with Crippen molar-refractivity contribution in [3.8, 4) is 5.75 Å². The summed E-state index contributed by atoms with van der Waals surface area (Å²) < 4.78 is 34.2. The Hall–Kier alpha value is -4.22. The van der Waals surface area contributed by atoms with Crippen LogP contribution in [0.25, 0.3) is 11.0 Å². The number of carbonyl (C=O) groups is 2. The molecule has 0 radical (unpaired) electrons. The zero-order chi connectivity index (χ0) is 29.9. The molecule has 2 unspecified atom stereocenters. The molecule has 0 fully saturated rings. The van der Waals surface area contributed by atoms with Gasteiger partial charge in [0.2, 0.25) is 5.76 Å². The number of fused-ring (bicyclic) bond motifs is 2. The highest BCUT2D eigenvalue weighted by Crippen LogP contribution is 2.32. The van der Waals surface area contributed by atoms with Gasteiger partial charge in [0.05, 0.1) is 51.7 Å². The molecule has 0 aliphatic heterocycles. The minimum Gasteiger partial charge on any atom is -0.490 e. The van der Waals surface area contributed by atoms with Crippen molar-refractivity contribution in [1.82, 2.24) is 0 Å². The number of ether oxygens (including phenoxy) is 4. The van der Waals surface area contributed by atoms with Crippen molar-refractivity contribution >= 4 is 22.9 Å². The summed E-state index contributed by atoms with van der Waals surface area (Å²) in [7, 11) is 5.88. The Labute approximate surface area is 236 Å². The Morgan fingerprint density at radius 1 is 1.05 bits per heavy atom. The van der Waals surface area contributed by atoms with Crippen LogP contribution in [-0.2, 0) is 25.4 Å². The number of allylic oxidation sites excluding steroid dienone is 1. The van der Waals surface area contributed by atoms with E-state index >= 15 is 0 Å². The second kappa shape index (κ2) is 12.1. The number of nitrogens with zero attached hydrogens (tertiary/aromatic N) is 1. The number of hydrogen-bond acceptors (Lipinski definition) is 10. The van der Waals surface area contributed by atoms with Gasteiger partial charge in [-0.05, 0) is 32.0 Å². The lowest BCUT2D eigenvalue weighted by molar-refractivity contribution is -0.832. The summed E-state index contributed by atoms with van der Waals surface area (Å²) >= 11 is 0. The van der Waals surface area contributed by atoms with Crippen molar-refractivity contribution in [2.75, 3.05) is 41.0 Å². The van der Waals surface area contributed by atoms with Crippen LogP contribution in [0.3, 0.4) is 0 Å². The third kappa shape index (κ3) is 7.11. The van der Waals surface area contributed by atoms with Crippen LogP contribution < -0.4 is 15.6 Å². The predicted molar refractivity (Wildman–Crippen MR) is 148 cm³/mol. The molecule has 0 spiro atoms. The molecule has 2 atom stereocenters. The maximum Gasteiger partial charge on any atom is 0.374 e. The van der Waals surface area contributed by atoms with Gasteiger partial charge in [-0.15, -0.1) is 0 Å². The lowest BCUT2D eigenvalue weighted by Crippen LogP contribution is -2.38. The van der Waals surface area contributed by atoms with E-state index in [4.69, 9.17) is 27.8 Å². The van der Waals surface area contributed by atoms with Gasteiger partial charge < -0.3 is 32.3 Å². The lowest BCUT2D eigenvalue weighted by Gasteiger charge is -2.32. The van der Waals surface area contributed by atoms with E-state index in [0.717, 1.165) is 11.8 Å². The molecular formula is C30H34NO10+. The first-order chi connectivity index (χ1) is 19.3. The summed E-state index contributed by atoms with van der Waals surface area (Å²) in [5.74, 6) is -0.249. The minimum atomic E-state index is -0.838. The highest BCUT2D eigenvalue weighted by molar-refractivity contribution is 5.86. The number of aryl methyl sites for hydroxylation is 1. The van der Waals surface area contributed by atoms with E-state index in [-0.39, 0.29) is 36.6 Å². The molecule has 1 aliphatic carbocycles.